The molecule has 0 amide bonds. The molecule has 0 saturated carbocycles. The number of ether oxygens (including phenoxy) is 2. The Morgan fingerprint density at radius 3 is 2.43 bits per heavy atom. The van der Waals surface area contributed by atoms with E-state index in [2.05, 4.69) is 15.9 Å². The Morgan fingerprint density at radius 1 is 1.13 bits per heavy atom. The van der Waals surface area contributed by atoms with Gasteiger partial charge in [-0.25, -0.2) is 0 Å². The van der Waals surface area contributed by atoms with Gasteiger partial charge in [0, 0.05) is 4.47 Å². The zero-order chi connectivity index (χ0) is 16.8. The summed E-state index contributed by atoms with van der Waals surface area (Å²) < 4.78 is 11.8. The number of ketones is 1. The molecular formula is C17H17BrO5. The second kappa shape index (κ2) is 7.99. The van der Waals surface area contributed by atoms with E-state index in [0.717, 1.165) is 4.47 Å². The van der Waals surface area contributed by atoms with Gasteiger partial charge < -0.3 is 19.7 Å². The van der Waals surface area contributed by atoms with Gasteiger partial charge in [-0.3, -0.25) is 4.79 Å². The van der Waals surface area contributed by atoms with Gasteiger partial charge in [-0.1, -0.05) is 22.0 Å². The number of aliphatic hydroxyl groups excluding tert-OH is 1. The van der Waals surface area contributed by atoms with E-state index < -0.39 is 6.10 Å². The Morgan fingerprint density at radius 2 is 1.78 bits per heavy atom. The number of carbonyl (C=O) groups excluding carboxylic acids is 1. The van der Waals surface area contributed by atoms with Crippen LogP contribution < -0.4 is 9.47 Å². The Balaban J connectivity index is 1.89. The maximum Gasteiger partial charge on any atom is 0.167 e. The number of aromatic hydroxyl groups is 1. The van der Waals surface area contributed by atoms with Crippen molar-refractivity contribution in [3.8, 4) is 17.2 Å². The highest BCUT2D eigenvalue weighted by atomic mass is 79.9. The lowest BCUT2D eigenvalue weighted by molar-refractivity contribution is 0.0619. The highest BCUT2D eigenvalue weighted by molar-refractivity contribution is 9.10. The first-order chi connectivity index (χ1) is 11.0. The fourth-order valence-electron chi connectivity index (χ4n) is 1.95. The van der Waals surface area contributed by atoms with Crippen LogP contribution in [-0.4, -0.2) is 35.3 Å². The van der Waals surface area contributed by atoms with Crippen molar-refractivity contribution in [1.29, 1.82) is 0 Å². The normalized spacial score (nSPS) is 11.8. The first-order valence-corrected chi connectivity index (χ1v) is 7.79. The highest BCUT2D eigenvalue weighted by Crippen LogP contribution is 2.28. The van der Waals surface area contributed by atoms with E-state index in [9.17, 15) is 15.0 Å². The molecule has 23 heavy (non-hydrogen) atoms. The van der Waals surface area contributed by atoms with Crippen molar-refractivity contribution in [2.45, 2.75) is 13.0 Å². The zero-order valence-electron chi connectivity index (χ0n) is 12.5. The number of hydrogen-bond acceptors (Lipinski definition) is 5. The van der Waals surface area contributed by atoms with E-state index in [1.165, 1.54) is 13.0 Å². The first kappa shape index (κ1) is 17.3. The molecule has 2 aromatic rings. The van der Waals surface area contributed by atoms with Gasteiger partial charge in [0.25, 0.3) is 0 Å². The molecule has 122 valence electrons. The molecule has 0 aromatic heterocycles. The zero-order valence-corrected chi connectivity index (χ0v) is 14.1. The summed E-state index contributed by atoms with van der Waals surface area (Å²) >= 11 is 3.33. The number of phenols is 1. The van der Waals surface area contributed by atoms with Crippen LogP contribution in [0.15, 0.2) is 46.9 Å². The third kappa shape index (κ3) is 4.97. The second-order valence-electron chi connectivity index (χ2n) is 4.94. The standard InChI is InChI=1S/C17H17BrO5/c1-11(19)17-15(21)3-2-4-16(17)23-10-13(20)9-22-14-7-5-12(18)6-8-14/h2-8,13,20-21H,9-10H2,1H3. The average molecular weight is 381 g/mol. The lowest BCUT2D eigenvalue weighted by Gasteiger charge is -2.15. The van der Waals surface area contributed by atoms with Crippen LogP contribution in [0.3, 0.4) is 0 Å². The molecule has 2 N–H and O–H groups in total. The van der Waals surface area contributed by atoms with E-state index in [-0.39, 0.29) is 36.1 Å². The van der Waals surface area contributed by atoms with Gasteiger partial charge in [0.15, 0.2) is 5.78 Å². The SMILES string of the molecule is CC(=O)c1c(O)cccc1OCC(O)COc1ccc(Br)cc1. The largest absolute Gasteiger partial charge is 0.507 e. The minimum absolute atomic E-state index is 0.0514. The Labute approximate surface area is 142 Å². The highest BCUT2D eigenvalue weighted by Gasteiger charge is 2.15. The van der Waals surface area contributed by atoms with Gasteiger partial charge in [-0.15, -0.1) is 0 Å². The van der Waals surface area contributed by atoms with E-state index in [1.54, 1.807) is 24.3 Å². The molecule has 0 aliphatic rings. The van der Waals surface area contributed by atoms with Crippen LogP contribution in [0.1, 0.15) is 17.3 Å². The van der Waals surface area contributed by atoms with Crippen molar-refractivity contribution >= 4 is 21.7 Å². The molecule has 0 aliphatic carbocycles. The van der Waals surface area contributed by atoms with Crippen molar-refractivity contribution < 1.29 is 24.5 Å². The van der Waals surface area contributed by atoms with E-state index in [1.807, 2.05) is 12.1 Å². The smallest absolute Gasteiger partial charge is 0.167 e. The predicted molar refractivity (Wildman–Crippen MR) is 89.3 cm³/mol. The summed E-state index contributed by atoms with van der Waals surface area (Å²) in [7, 11) is 0. The van der Waals surface area contributed by atoms with Crippen LogP contribution in [0.25, 0.3) is 0 Å². The Hall–Kier alpha value is -2.05. The van der Waals surface area contributed by atoms with E-state index in [0.29, 0.717) is 5.75 Å². The average Bonchev–Trinajstić information content (AvgIpc) is 2.52. The third-order valence-corrected chi connectivity index (χ3v) is 3.57. The minimum atomic E-state index is -0.874. The summed E-state index contributed by atoms with van der Waals surface area (Å²) in [6, 6.07) is 11.8. The van der Waals surface area contributed by atoms with Crippen LogP contribution in [0.5, 0.6) is 17.2 Å². The summed E-state index contributed by atoms with van der Waals surface area (Å²) in [5.41, 5.74) is 0.105. The molecule has 1 atom stereocenters. The fourth-order valence-corrected chi connectivity index (χ4v) is 2.22. The second-order valence-corrected chi connectivity index (χ2v) is 5.85. The molecule has 5 nitrogen and oxygen atoms in total. The number of hydrogen-bond donors (Lipinski definition) is 2. The van der Waals surface area contributed by atoms with Crippen LogP contribution in [0.2, 0.25) is 0 Å². The first-order valence-electron chi connectivity index (χ1n) is 6.99. The lowest BCUT2D eigenvalue weighted by Crippen LogP contribution is -2.25. The number of halogens is 1. The van der Waals surface area contributed by atoms with Crippen LogP contribution in [-0.2, 0) is 0 Å². The molecule has 1 unspecified atom stereocenters. The molecule has 2 rings (SSSR count). The monoisotopic (exact) mass is 380 g/mol. The molecule has 0 radical (unpaired) electrons. The van der Waals surface area contributed by atoms with Crippen molar-refractivity contribution in [3.05, 3.63) is 52.5 Å². The number of phenolic OH excluding ortho intramolecular Hbond substituents is 1. The van der Waals surface area contributed by atoms with E-state index in [4.69, 9.17) is 9.47 Å². The fraction of sp³-hybridized carbons (Fsp3) is 0.235. The molecule has 0 aliphatic heterocycles. The molecule has 0 heterocycles. The van der Waals surface area contributed by atoms with Gasteiger partial charge in [0.05, 0.1) is 0 Å². The van der Waals surface area contributed by atoms with Crippen LogP contribution in [0.4, 0.5) is 0 Å². The maximum atomic E-state index is 11.5. The number of benzene rings is 2. The lowest BCUT2D eigenvalue weighted by atomic mass is 10.1. The maximum absolute atomic E-state index is 11.5. The summed E-state index contributed by atoms with van der Waals surface area (Å²) in [6.07, 6.45) is -0.874. The topological polar surface area (TPSA) is 76.0 Å². The number of aliphatic hydroxyl groups is 1. The van der Waals surface area contributed by atoms with Gasteiger partial charge in [-0.2, -0.15) is 0 Å². The quantitative estimate of drug-likeness (QED) is 0.721. The molecule has 6 heteroatoms. The third-order valence-electron chi connectivity index (χ3n) is 3.04. The van der Waals surface area contributed by atoms with Crippen LogP contribution >= 0.6 is 15.9 Å². The number of Topliss-reactive ketones (excluding diaryl/α,β-unsaturated/α-hetero) is 1. The molecular weight excluding hydrogens is 364 g/mol. The molecule has 0 bridgehead atoms. The molecule has 0 fully saturated rings. The Bertz CT molecular complexity index is 669. The number of rotatable bonds is 7. The van der Waals surface area contributed by atoms with Crippen molar-refractivity contribution in [3.63, 3.8) is 0 Å². The molecule has 2 aromatic carbocycles. The summed E-state index contributed by atoms with van der Waals surface area (Å²) in [6.45, 7) is 1.34. The van der Waals surface area contributed by atoms with Crippen molar-refractivity contribution in [2.75, 3.05) is 13.2 Å². The van der Waals surface area contributed by atoms with Crippen molar-refractivity contribution in [2.24, 2.45) is 0 Å². The molecule has 0 saturated heterocycles. The van der Waals surface area contributed by atoms with Crippen LogP contribution in [0, 0.1) is 0 Å². The van der Waals surface area contributed by atoms with Gasteiger partial charge in [0.1, 0.15) is 42.1 Å². The van der Waals surface area contributed by atoms with Gasteiger partial charge in [0.2, 0.25) is 0 Å². The predicted octanol–water partition coefficient (Wildman–Crippen LogP) is 3.18. The minimum Gasteiger partial charge on any atom is -0.507 e. The Kier molecular flexibility index (Phi) is 6.01. The van der Waals surface area contributed by atoms with Crippen molar-refractivity contribution in [1.82, 2.24) is 0 Å². The summed E-state index contributed by atoms with van der Waals surface area (Å²) in [5.74, 6) is 0.420. The summed E-state index contributed by atoms with van der Waals surface area (Å²) in [4.78, 5) is 11.5. The van der Waals surface area contributed by atoms with E-state index >= 15 is 0 Å². The van der Waals surface area contributed by atoms with Gasteiger partial charge >= 0.3 is 0 Å². The number of carbonyl (C=O) groups is 1. The van der Waals surface area contributed by atoms with Gasteiger partial charge in [-0.05, 0) is 43.3 Å². The summed E-state index contributed by atoms with van der Waals surface area (Å²) in [5, 5.41) is 19.6. The molecule has 0 spiro atoms.